The van der Waals surface area contributed by atoms with Crippen LogP contribution in [0.4, 0.5) is 5.69 Å². The van der Waals surface area contributed by atoms with Crippen molar-refractivity contribution in [1.29, 1.82) is 0 Å². The van der Waals surface area contributed by atoms with E-state index in [0.29, 0.717) is 21.6 Å². The van der Waals surface area contributed by atoms with Crippen LogP contribution in [0.1, 0.15) is 11.1 Å². The Morgan fingerprint density at radius 2 is 1.86 bits per heavy atom. The normalized spacial score (nSPS) is 10.9. The van der Waals surface area contributed by atoms with Crippen molar-refractivity contribution in [2.24, 2.45) is 0 Å². The summed E-state index contributed by atoms with van der Waals surface area (Å²) < 4.78 is 6.10. The molecule has 3 heterocycles. The minimum atomic E-state index is -0.285. The smallest absolute Gasteiger partial charge is 0.273 e. The molecule has 140 valence electrons. The average Bonchev–Trinajstić information content (AvgIpc) is 3.09. The Labute approximate surface area is 164 Å². The molecule has 4 aromatic rings. The maximum absolute atomic E-state index is 12.8. The van der Waals surface area contributed by atoms with Gasteiger partial charge in [-0.15, -0.1) is 0 Å². The predicted octanol–water partition coefficient (Wildman–Crippen LogP) is 3.17. The van der Waals surface area contributed by atoms with Crippen LogP contribution in [-0.4, -0.2) is 24.8 Å². The SMILES string of the molecule is Cc1cc(C)cc(NC(=O)Cn2cnc3c(-c4ccncc4)nsc3c2=O)c1. The second kappa shape index (κ2) is 7.32. The van der Waals surface area contributed by atoms with E-state index >= 15 is 0 Å². The van der Waals surface area contributed by atoms with Gasteiger partial charge in [-0.05, 0) is 60.8 Å². The highest BCUT2D eigenvalue weighted by molar-refractivity contribution is 7.13. The van der Waals surface area contributed by atoms with Crippen LogP contribution in [0.25, 0.3) is 21.5 Å². The van der Waals surface area contributed by atoms with Gasteiger partial charge >= 0.3 is 0 Å². The fourth-order valence-corrected chi connectivity index (χ4v) is 3.88. The second-order valence-electron chi connectivity index (χ2n) is 6.55. The zero-order chi connectivity index (χ0) is 19.7. The van der Waals surface area contributed by atoms with Crippen LogP contribution >= 0.6 is 11.5 Å². The molecule has 0 spiro atoms. The lowest BCUT2D eigenvalue weighted by Gasteiger charge is -2.09. The van der Waals surface area contributed by atoms with Crippen LogP contribution < -0.4 is 10.9 Å². The number of pyridine rings is 1. The number of nitrogens with zero attached hydrogens (tertiary/aromatic N) is 4. The molecule has 4 rings (SSSR count). The summed E-state index contributed by atoms with van der Waals surface area (Å²) in [7, 11) is 0. The lowest BCUT2D eigenvalue weighted by atomic mass is 10.1. The maximum atomic E-state index is 12.8. The number of carbonyl (C=O) groups is 1. The van der Waals surface area contributed by atoms with Crippen molar-refractivity contribution in [2.45, 2.75) is 20.4 Å². The number of anilines is 1. The molecule has 0 bridgehead atoms. The number of aromatic nitrogens is 4. The number of carbonyl (C=O) groups excluding carboxylic acids is 1. The van der Waals surface area contributed by atoms with Gasteiger partial charge in [-0.3, -0.25) is 19.1 Å². The fraction of sp³-hybridized carbons (Fsp3) is 0.150. The van der Waals surface area contributed by atoms with E-state index in [2.05, 4.69) is 19.7 Å². The molecule has 0 saturated carbocycles. The first-order valence-corrected chi connectivity index (χ1v) is 9.42. The Hall–Kier alpha value is -3.39. The molecule has 3 aromatic heterocycles. The molecule has 1 N–H and O–H groups in total. The second-order valence-corrected chi connectivity index (χ2v) is 7.32. The molecular formula is C20H17N5O2S. The van der Waals surface area contributed by atoms with Crippen molar-refractivity contribution in [3.63, 3.8) is 0 Å². The Kier molecular flexibility index (Phi) is 4.70. The van der Waals surface area contributed by atoms with Crippen molar-refractivity contribution >= 4 is 33.3 Å². The van der Waals surface area contributed by atoms with Gasteiger partial charge in [-0.25, -0.2) is 4.98 Å². The van der Waals surface area contributed by atoms with Crippen molar-refractivity contribution in [2.75, 3.05) is 5.32 Å². The van der Waals surface area contributed by atoms with E-state index in [0.717, 1.165) is 28.2 Å². The Morgan fingerprint density at radius 3 is 2.57 bits per heavy atom. The third kappa shape index (κ3) is 3.54. The van der Waals surface area contributed by atoms with Gasteiger partial charge in [-0.1, -0.05) is 6.07 Å². The lowest BCUT2D eigenvalue weighted by Crippen LogP contribution is -2.27. The van der Waals surface area contributed by atoms with Crippen molar-refractivity contribution < 1.29 is 4.79 Å². The fourth-order valence-electron chi connectivity index (χ4n) is 3.07. The third-order valence-corrected chi connectivity index (χ3v) is 5.05. The number of hydrogen-bond acceptors (Lipinski definition) is 6. The van der Waals surface area contributed by atoms with E-state index < -0.39 is 0 Å². The molecule has 0 atom stereocenters. The molecule has 8 heteroatoms. The summed E-state index contributed by atoms with van der Waals surface area (Å²) in [4.78, 5) is 33.5. The minimum Gasteiger partial charge on any atom is -0.325 e. The van der Waals surface area contributed by atoms with Gasteiger partial charge in [0.2, 0.25) is 5.91 Å². The topological polar surface area (TPSA) is 89.8 Å². The summed E-state index contributed by atoms with van der Waals surface area (Å²) >= 11 is 1.09. The zero-order valence-electron chi connectivity index (χ0n) is 15.3. The highest BCUT2D eigenvalue weighted by Gasteiger charge is 2.15. The van der Waals surface area contributed by atoms with E-state index in [1.54, 1.807) is 12.4 Å². The van der Waals surface area contributed by atoms with E-state index in [-0.39, 0.29) is 18.0 Å². The molecule has 0 aliphatic carbocycles. The highest BCUT2D eigenvalue weighted by atomic mass is 32.1. The molecule has 0 unspecified atom stereocenters. The molecule has 0 saturated heterocycles. The van der Waals surface area contributed by atoms with Crippen molar-refractivity contribution in [3.8, 4) is 11.3 Å². The highest BCUT2D eigenvalue weighted by Crippen LogP contribution is 2.26. The summed E-state index contributed by atoms with van der Waals surface area (Å²) in [5.41, 5.74) is 4.57. The zero-order valence-corrected chi connectivity index (χ0v) is 16.2. The number of fused-ring (bicyclic) bond motifs is 1. The van der Waals surface area contributed by atoms with E-state index in [9.17, 15) is 9.59 Å². The summed E-state index contributed by atoms with van der Waals surface area (Å²) in [5.74, 6) is -0.285. The quantitative estimate of drug-likeness (QED) is 0.577. The van der Waals surface area contributed by atoms with E-state index in [1.165, 1.54) is 10.9 Å². The van der Waals surface area contributed by atoms with Gasteiger partial charge in [0.05, 0.1) is 6.33 Å². The van der Waals surface area contributed by atoms with Gasteiger partial charge in [0, 0.05) is 23.6 Å². The number of aryl methyl sites for hydroxylation is 2. The first-order chi connectivity index (χ1) is 13.5. The summed E-state index contributed by atoms with van der Waals surface area (Å²) in [6.45, 7) is 3.82. The van der Waals surface area contributed by atoms with Crippen LogP contribution in [-0.2, 0) is 11.3 Å². The predicted molar refractivity (Wildman–Crippen MR) is 109 cm³/mol. The molecule has 0 aliphatic heterocycles. The van der Waals surface area contributed by atoms with E-state index in [1.807, 2.05) is 44.2 Å². The van der Waals surface area contributed by atoms with Crippen LogP contribution in [0.2, 0.25) is 0 Å². The van der Waals surface area contributed by atoms with Crippen LogP contribution in [0.5, 0.6) is 0 Å². The summed E-state index contributed by atoms with van der Waals surface area (Å²) in [6, 6.07) is 9.44. The number of amides is 1. The maximum Gasteiger partial charge on any atom is 0.273 e. The minimum absolute atomic E-state index is 0.114. The Bertz CT molecular complexity index is 1210. The molecular weight excluding hydrogens is 374 g/mol. The molecule has 0 fully saturated rings. The van der Waals surface area contributed by atoms with Crippen LogP contribution in [0.3, 0.4) is 0 Å². The summed E-state index contributed by atoms with van der Waals surface area (Å²) in [5, 5.41) is 2.83. The lowest BCUT2D eigenvalue weighted by molar-refractivity contribution is -0.116. The van der Waals surface area contributed by atoms with Crippen molar-refractivity contribution in [1.82, 2.24) is 18.9 Å². The number of hydrogen-bond donors (Lipinski definition) is 1. The van der Waals surface area contributed by atoms with Crippen LogP contribution in [0.15, 0.2) is 53.8 Å². The molecule has 1 aromatic carbocycles. The van der Waals surface area contributed by atoms with Gasteiger partial charge in [0.15, 0.2) is 0 Å². The molecule has 28 heavy (non-hydrogen) atoms. The Balaban J connectivity index is 1.60. The average molecular weight is 391 g/mol. The first kappa shape index (κ1) is 18.0. The van der Waals surface area contributed by atoms with Crippen LogP contribution in [0, 0.1) is 13.8 Å². The van der Waals surface area contributed by atoms with Gasteiger partial charge < -0.3 is 5.32 Å². The Morgan fingerprint density at radius 1 is 1.14 bits per heavy atom. The number of nitrogens with one attached hydrogen (secondary N) is 1. The van der Waals surface area contributed by atoms with Gasteiger partial charge in [0.1, 0.15) is 22.5 Å². The van der Waals surface area contributed by atoms with Gasteiger partial charge in [-0.2, -0.15) is 4.37 Å². The van der Waals surface area contributed by atoms with Gasteiger partial charge in [0.25, 0.3) is 5.56 Å². The summed E-state index contributed by atoms with van der Waals surface area (Å²) in [6.07, 6.45) is 4.73. The van der Waals surface area contributed by atoms with E-state index in [4.69, 9.17) is 0 Å². The first-order valence-electron chi connectivity index (χ1n) is 8.64. The molecule has 0 radical (unpaired) electrons. The monoisotopic (exact) mass is 391 g/mol. The molecule has 1 amide bonds. The third-order valence-electron chi connectivity index (χ3n) is 4.22. The standard InChI is InChI=1S/C20H17N5O2S/c1-12-7-13(2)9-15(8-12)23-16(26)10-25-11-22-18-17(14-3-5-21-6-4-14)24-28-19(18)20(25)27/h3-9,11H,10H2,1-2H3,(H,23,26). The largest absolute Gasteiger partial charge is 0.325 e. The molecule has 7 nitrogen and oxygen atoms in total. The molecule has 0 aliphatic rings. The number of benzene rings is 1. The number of rotatable bonds is 4. The van der Waals surface area contributed by atoms with Crippen molar-refractivity contribution in [3.05, 3.63) is 70.5 Å².